The van der Waals surface area contributed by atoms with Crippen molar-refractivity contribution >= 4 is 17.5 Å². The lowest BCUT2D eigenvalue weighted by molar-refractivity contribution is 0.0958. The molecule has 27 heavy (non-hydrogen) atoms. The lowest BCUT2D eigenvalue weighted by Crippen LogP contribution is -2.21. The Bertz CT molecular complexity index is 974. The highest BCUT2D eigenvalue weighted by Gasteiger charge is 2.19. The molecule has 3 rings (SSSR count). The second-order valence-corrected chi connectivity index (χ2v) is 5.92. The van der Waals surface area contributed by atoms with Crippen LogP contribution in [0.25, 0.3) is 0 Å². The van der Waals surface area contributed by atoms with Gasteiger partial charge in [0.2, 0.25) is 0 Å². The molecule has 0 radical (unpaired) electrons. The van der Waals surface area contributed by atoms with E-state index in [2.05, 4.69) is 15.7 Å². The van der Waals surface area contributed by atoms with Gasteiger partial charge in [0.15, 0.2) is 11.5 Å². The number of furan rings is 1. The van der Waals surface area contributed by atoms with E-state index < -0.39 is 11.8 Å². The van der Waals surface area contributed by atoms with E-state index in [1.807, 2.05) is 31.2 Å². The Labute approximate surface area is 156 Å². The van der Waals surface area contributed by atoms with Gasteiger partial charge in [-0.1, -0.05) is 18.2 Å². The van der Waals surface area contributed by atoms with Crippen molar-refractivity contribution in [3.63, 3.8) is 0 Å². The summed E-state index contributed by atoms with van der Waals surface area (Å²) in [4.78, 5) is 24.3. The van der Waals surface area contributed by atoms with Crippen LogP contribution in [0.3, 0.4) is 0 Å². The number of aromatic nitrogens is 2. The molecule has 0 saturated heterocycles. The van der Waals surface area contributed by atoms with Crippen LogP contribution < -0.4 is 15.4 Å². The summed E-state index contributed by atoms with van der Waals surface area (Å²) in [5.41, 5.74) is 1.44. The van der Waals surface area contributed by atoms with Crippen LogP contribution in [0.15, 0.2) is 47.0 Å². The lowest BCUT2D eigenvalue weighted by atomic mass is 10.2. The number of hydrogen-bond donors (Lipinski definition) is 2. The van der Waals surface area contributed by atoms with E-state index >= 15 is 0 Å². The van der Waals surface area contributed by atoms with E-state index in [0.29, 0.717) is 11.4 Å². The van der Waals surface area contributed by atoms with E-state index in [4.69, 9.17) is 9.15 Å². The summed E-state index contributed by atoms with van der Waals surface area (Å²) in [5, 5.41) is 9.17. The Morgan fingerprint density at radius 3 is 2.70 bits per heavy atom. The molecule has 0 aliphatic heterocycles. The number of rotatable bonds is 6. The molecule has 2 heterocycles. The number of nitrogens with zero attached hydrogens (tertiary/aromatic N) is 2. The number of amides is 2. The van der Waals surface area contributed by atoms with Crippen molar-refractivity contribution in [3.05, 3.63) is 65.4 Å². The first-order valence-corrected chi connectivity index (χ1v) is 8.32. The standard InChI is InChI=1S/C19H20N4O4/c1-12-6-4-5-7-15(12)26-11-13-8-9-16(27-13)18(24)21-14-10-23(3)22-17(14)19(25)20-2/h4-10H,11H2,1-3H3,(H,20,25)(H,21,24). The maximum Gasteiger partial charge on any atom is 0.291 e. The number of anilines is 1. The Balaban J connectivity index is 1.67. The van der Waals surface area contributed by atoms with E-state index in [1.165, 1.54) is 11.7 Å². The van der Waals surface area contributed by atoms with E-state index in [1.54, 1.807) is 25.4 Å². The molecule has 0 atom stereocenters. The second-order valence-electron chi connectivity index (χ2n) is 5.92. The summed E-state index contributed by atoms with van der Waals surface area (Å²) in [6.07, 6.45) is 1.55. The zero-order valence-corrected chi connectivity index (χ0v) is 15.3. The summed E-state index contributed by atoms with van der Waals surface area (Å²) in [7, 11) is 3.16. The monoisotopic (exact) mass is 368 g/mol. The molecule has 2 N–H and O–H groups in total. The average Bonchev–Trinajstić information content (AvgIpc) is 3.27. The Morgan fingerprint density at radius 1 is 1.19 bits per heavy atom. The van der Waals surface area contributed by atoms with Gasteiger partial charge in [0, 0.05) is 20.3 Å². The number of hydrogen-bond acceptors (Lipinski definition) is 5. The molecule has 8 heteroatoms. The number of para-hydroxylation sites is 1. The molecule has 1 aromatic carbocycles. The third kappa shape index (κ3) is 4.17. The first-order chi connectivity index (χ1) is 13.0. The molecule has 0 spiro atoms. The van der Waals surface area contributed by atoms with Gasteiger partial charge in [-0.3, -0.25) is 14.3 Å². The molecule has 3 aromatic rings. The molecule has 0 bridgehead atoms. The minimum absolute atomic E-state index is 0.116. The van der Waals surface area contributed by atoms with Crippen molar-refractivity contribution in [1.29, 1.82) is 0 Å². The third-order valence-electron chi connectivity index (χ3n) is 3.87. The average molecular weight is 368 g/mol. The molecule has 2 amide bonds. The van der Waals surface area contributed by atoms with Gasteiger partial charge >= 0.3 is 0 Å². The predicted molar refractivity (Wildman–Crippen MR) is 98.8 cm³/mol. The molecule has 140 valence electrons. The zero-order chi connectivity index (χ0) is 19.4. The number of carbonyl (C=O) groups is 2. The second kappa shape index (κ2) is 7.77. The molecule has 0 aliphatic rings. The van der Waals surface area contributed by atoms with Crippen LogP contribution in [0.4, 0.5) is 5.69 Å². The van der Waals surface area contributed by atoms with Gasteiger partial charge in [-0.15, -0.1) is 0 Å². The van der Waals surface area contributed by atoms with E-state index in [-0.39, 0.29) is 18.1 Å². The minimum Gasteiger partial charge on any atom is -0.485 e. The van der Waals surface area contributed by atoms with E-state index in [0.717, 1.165) is 11.3 Å². The van der Waals surface area contributed by atoms with Gasteiger partial charge in [0.05, 0.1) is 5.69 Å². The molecular weight excluding hydrogens is 348 g/mol. The smallest absolute Gasteiger partial charge is 0.291 e. The summed E-state index contributed by atoms with van der Waals surface area (Å²) in [6.45, 7) is 2.16. The highest BCUT2D eigenvalue weighted by atomic mass is 16.5. The Morgan fingerprint density at radius 2 is 1.96 bits per heavy atom. The van der Waals surface area contributed by atoms with Crippen LogP contribution in [0, 0.1) is 6.92 Å². The van der Waals surface area contributed by atoms with Gasteiger partial charge in [0.1, 0.15) is 18.1 Å². The number of aryl methyl sites for hydroxylation is 2. The van der Waals surface area contributed by atoms with Crippen molar-refractivity contribution in [3.8, 4) is 5.75 Å². The van der Waals surface area contributed by atoms with Crippen LogP contribution >= 0.6 is 0 Å². The van der Waals surface area contributed by atoms with Gasteiger partial charge in [-0.25, -0.2) is 0 Å². The number of benzene rings is 1. The van der Waals surface area contributed by atoms with Gasteiger partial charge < -0.3 is 19.8 Å². The van der Waals surface area contributed by atoms with Crippen LogP contribution in [0.2, 0.25) is 0 Å². The number of carbonyl (C=O) groups excluding carboxylic acids is 2. The number of nitrogens with one attached hydrogen (secondary N) is 2. The largest absolute Gasteiger partial charge is 0.485 e. The van der Waals surface area contributed by atoms with Crippen molar-refractivity contribution < 1.29 is 18.7 Å². The first-order valence-electron chi connectivity index (χ1n) is 8.32. The number of ether oxygens (including phenoxy) is 1. The quantitative estimate of drug-likeness (QED) is 0.697. The molecule has 0 fully saturated rings. The third-order valence-corrected chi connectivity index (χ3v) is 3.87. The van der Waals surface area contributed by atoms with Crippen LogP contribution in [-0.2, 0) is 13.7 Å². The summed E-state index contributed by atoms with van der Waals surface area (Å²) in [5.74, 6) is 0.518. The maximum atomic E-state index is 12.4. The molecule has 0 aliphatic carbocycles. The molecular formula is C19H20N4O4. The van der Waals surface area contributed by atoms with Crippen LogP contribution in [0.5, 0.6) is 5.75 Å². The summed E-state index contributed by atoms with van der Waals surface area (Å²) < 4.78 is 12.7. The van der Waals surface area contributed by atoms with Crippen molar-refractivity contribution in [1.82, 2.24) is 15.1 Å². The molecule has 0 unspecified atom stereocenters. The van der Waals surface area contributed by atoms with Gasteiger partial charge in [0.25, 0.3) is 11.8 Å². The van der Waals surface area contributed by atoms with Gasteiger partial charge in [-0.05, 0) is 30.7 Å². The highest BCUT2D eigenvalue weighted by molar-refractivity contribution is 6.06. The highest BCUT2D eigenvalue weighted by Crippen LogP contribution is 2.20. The van der Waals surface area contributed by atoms with Gasteiger partial charge in [-0.2, -0.15) is 5.10 Å². The normalized spacial score (nSPS) is 10.5. The fourth-order valence-corrected chi connectivity index (χ4v) is 2.49. The predicted octanol–water partition coefficient (Wildman–Crippen LogP) is 2.51. The van der Waals surface area contributed by atoms with Crippen LogP contribution in [0.1, 0.15) is 32.4 Å². The zero-order valence-electron chi connectivity index (χ0n) is 15.3. The van der Waals surface area contributed by atoms with Crippen molar-refractivity contribution in [2.45, 2.75) is 13.5 Å². The van der Waals surface area contributed by atoms with E-state index in [9.17, 15) is 9.59 Å². The summed E-state index contributed by atoms with van der Waals surface area (Å²) in [6, 6.07) is 10.9. The fraction of sp³-hybridized carbons (Fsp3) is 0.211. The minimum atomic E-state index is -0.477. The van der Waals surface area contributed by atoms with Crippen LogP contribution in [-0.4, -0.2) is 28.6 Å². The first kappa shape index (κ1) is 18.2. The summed E-state index contributed by atoms with van der Waals surface area (Å²) >= 11 is 0. The Hall–Kier alpha value is -3.55. The van der Waals surface area contributed by atoms with Crippen molar-refractivity contribution in [2.75, 3.05) is 12.4 Å². The maximum absolute atomic E-state index is 12.4. The topological polar surface area (TPSA) is 98.4 Å². The molecule has 8 nitrogen and oxygen atoms in total. The molecule has 0 saturated carbocycles. The Kier molecular flexibility index (Phi) is 5.25. The van der Waals surface area contributed by atoms with Crippen molar-refractivity contribution in [2.24, 2.45) is 7.05 Å². The SMILES string of the molecule is CNC(=O)c1nn(C)cc1NC(=O)c1ccc(COc2ccccc2C)o1. The lowest BCUT2D eigenvalue weighted by Gasteiger charge is -2.07. The molecule has 2 aromatic heterocycles. The fourth-order valence-electron chi connectivity index (χ4n) is 2.49.